The maximum Gasteiger partial charge on any atom is 0.140 e. The normalized spacial score (nSPS) is 11.2. The van der Waals surface area contributed by atoms with E-state index in [4.69, 9.17) is 5.84 Å². The Hall–Kier alpha value is -1.17. The molecule has 1 rings (SSSR count). The minimum atomic E-state index is 0.712. The first-order valence-electron chi connectivity index (χ1n) is 5.86. The molecular formula is C12H23N5. The summed E-state index contributed by atoms with van der Waals surface area (Å²) in [6.07, 6.45) is 2.95. The number of nitrogen functional groups attached to an aromatic ring is 1. The molecule has 5 nitrogen and oxygen atoms in total. The first kappa shape index (κ1) is 13.9. The fourth-order valence-electron chi connectivity index (χ4n) is 1.70. The van der Waals surface area contributed by atoms with Gasteiger partial charge < -0.3 is 15.2 Å². The quantitative estimate of drug-likeness (QED) is 0.541. The van der Waals surface area contributed by atoms with Crippen molar-refractivity contribution in [2.75, 3.05) is 39.7 Å². The van der Waals surface area contributed by atoms with Crippen molar-refractivity contribution in [3.8, 4) is 0 Å². The van der Waals surface area contributed by atoms with Crippen LogP contribution in [0.25, 0.3) is 0 Å². The second-order valence-corrected chi connectivity index (χ2v) is 4.59. The molecule has 0 atom stereocenters. The van der Waals surface area contributed by atoms with Gasteiger partial charge in [0.15, 0.2) is 0 Å². The topological polar surface area (TPSA) is 57.4 Å². The number of hydrogen-bond acceptors (Lipinski definition) is 5. The summed E-state index contributed by atoms with van der Waals surface area (Å²) >= 11 is 0. The molecule has 0 aliphatic rings. The lowest BCUT2D eigenvalue weighted by molar-refractivity contribution is 0.294. The van der Waals surface area contributed by atoms with Gasteiger partial charge in [-0.2, -0.15) is 0 Å². The Labute approximate surface area is 104 Å². The number of rotatable bonds is 7. The van der Waals surface area contributed by atoms with Gasteiger partial charge in [-0.3, -0.25) is 0 Å². The molecule has 0 aromatic carbocycles. The van der Waals surface area contributed by atoms with Gasteiger partial charge in [0.05, 0.1) is 0 Å². The molecular weight excluding hydrogens is 214 g/mol. The van der Waals surface area contributed by atoms with Crippen LogP contribution in [-0.4, -0.2) is 49.0 Å². The van der Waals surface area contributed by atoms with Crippen LogP contribution >= 0.6 is 0 Å². The molecule has 17 heavy (non-hydrogen) atoms. The van der Waals surface area contributed by atoms with Crippen LogP contribution in [0.2, 0.25) is 0 Å². The summed E-state index contributed by atoms with van der Waals surface area (Å²) in [4.78, 5) is 8.60. The van der Waals surface area contributed by atoms with Gasteiger partial charge in [0, 0.05) is 12.7 Å². The van der Waals surface area contributed by atoms with Crippen molar-refractivity contribution in [1.82, 2.24) is 14.8 Å². The Kier molecular flexibility index (Phi) is 5.90. The summed E-state index contributed by atoms with van der Waals surface area (Å²) in [5, 5.41) is 0. The molecule has 96 valence electrons. The van der Waals surface area contributed by atoms with Gasteiger partial charge >= 0.3 is 0 Å². The number of nitrogens with zero attached hydrogens (tertiary/aromatic N) is 3. The second-order valence-electron chi connectivity index (χ2n) is 4.59. The first-order valence-corrected chi connectivity index (χ1v) is 5.86. The van der Waals surface area contributed by atoms with Gasteiger partial charge in [-0.1, -0.05) is 0 Å². The third kappa shape index (κ3) is 5.63. The molecule has 0 amide bonds. The Bertz CT molecular complexity index is 326. The zero-order chi connectivity index (χ0) is 12.7. The van der Waals surface area contributed by atoms with Crippen LogP contribution in [0, 0.1) is 0 Å². The van der Waals surface area contributed by atoms with Crippen LogP contribution < -0.4 is 11.3 Å². The van der Waals surface area contributed by atoms with Crippen molar-refractivity contribution >= 4 is 5.82 Å². The van der Waals surface area contributed by atoms with Gasteiger partial charge in [0.25, 0.3) is 0 Å². The largest absolute Gasteiger partial charge is 0.309 e. The average molecular weight is 237 g/mol. The van der Waals surface area contributed by atoms with Crippen molar-refractivity contribution in [1.29, 1.82) is 0 Å². The lowest BCUT2D eigenvalue weighted by atomic mass is 10.2. The highest BCUT2D eigenvalue weighted by molar-refractivity contribution is 5.35. The Morgan fingerprint density at radius 3 is 2.71 bits per heavy atom. The van der Waals surface area contributed by atoms with Crippen LogP contribution in [0.3, 0.4) is 0 Å². The van der Waals surface area contributed by atoms with E-state index in [1.807, 2.05) is 12.1 Å². The molecule has 5 heteroatoms. The van der Waals surface area contributed by atoms with Crippen molar-refractivity contribution in [3.63, 3.8) is 0 Å². The van der Waals surface area contributed by atoms with E-state index in [1.165, 1.54) is 12.0 Å². The number of nitrogens with one attached hydrogen (secondary N) is 1. The summed E-state index contributed by atoms with van der Waals surface area (Å²) < 4.78 is 0. The van der Waals surface area contributed by atoms with Crippen LogP contribution in [0.1, 0.15) is 12.0 Å². The van der Waals surface area contributed by atoms with E-state index >= 15 is 0 Å². The third-order valence-electron chi connectivity index (χ3n) is 2.57. The highest BCUT2D eigenvalue weighted by Crippen LogP contribution is 2.07. The summed E-state index contributed by atoms with van der Waals surface area (Å²) in [5.41, 5.74) is 3.78. The Balaban J connectivity index is 2.36. The summed E-state index contributed by atoms with van der Waals surface area (Å²) in [6, 6.07) is 3.99. The molecule has 1 aromatic heterocycles. The maximum absolute atomic E-state index is 5.33. The van der Waals surface area contributed by atoms with Crippen molar-refractivity contribution in [3.05, 3.63) is 23.9 Å². The summed E-state index contributed by atoms with van der Waals surface area (Å²) in [7, 11) is 6.33. The van der Waals surface area contributed by atoms with E-state index in [1.54, 1.807) is 6.20 Å². The van der Waals surface area contributed by atoms with Crippen molar-refractivity contribution in [2.24, 2.45) is 5.84 Å². The SMILES string of the molecule is CN(C)CCCN(C)Cc1ccnc(NN)c1. The molecule has 0 unspecified atom stereocenters. The van der Waals surface area contributed by atoms with Gasteiger partial charge in [0.1, 0.15) is 5.82 Å². The van der Waals surface area contributed by atoms with E-state index in [0.29, 0.717) is 5.82 Å². The number of aromatic nitrogens is 1. The highest BCUT2D eigenvalue weighted by atomic mass is 15.2. The smallest absolute Gasteiger partial charge is 0.140 e. The zero-order valence-corrected chi connectivity index (χ0v) is 11.0. The van der Waals surface area contributed by atoms with Crippen molar-refractivity contribution < 1.29 is 0 Å². The van der Waals surface area contributed by atoms with E-state index < -0.39 is 0 Å². The van der Waals surface area contributed by atoms with Crippen LogP contribution in [-0.2, 0) is 6.54 Å². The molecule has 0 saturated heterocycles. The Morgan fingerprint density at radius 1 is 1.29 bits per heavy atom. The predicted molar refractivity (Wildman–Crippen MR) is 71.6 cm³/mol. The molecule has 0 saturated carbocycles. The number of pyridine rings is 1. The fraction of sp³-hybridized carbons (Fsp3) is 0.583. The maximum atomic E-state index is 5.33. The lowest BCUT2D eigenvalue weighted by Gasteiger charge is -2.18. The third-order valence-corrected chi connectivity index (χ3v) is 2.57. The van der Waals surface area contributed by atoms with Crippen LogP contribution in [0.15, 0.2) is 18.3 Å². The van der Waals surface area contributed by atoms with Gasteiger partial charge in [-0.15, -0.1) is 0 Å². The van der Waals surface area contributed by atoms with Crippen LogP contribution in [0.5, 0.6) is 0 Å². The molecule has 0 spiro atoms. The molecule has 1 aromatic rings. The van der Waals surface area contributed by atoms with Gasteiger partial charge in [-0.25, -0.2) is 10.8 Å². The Morgan fingerprint density at radius 2 is 2.06 bits per heavy atom. The summed E-state index contributed by atoms with van der Waals surface area (Å²) in [6.45, 7) is 3.13. The molecule has 0 bridgehead atoms. The predicted octanol–water partition coefficient (Wildman–Crippen LogP) is 0.751. The molecule has 1 heterocycles. The minimum absolute atomic E-state index is 0.712. The molecule has 0 radical (unpaired) electrons. The molecule has 3 N–H and O–H groups in total. The molecule has 0 aliphatic carbocycles. The molecule has 0 aliphatic heterocycles. The number of nitrogens with two attached hydrogens (primary N) is 1. The monoisotopic (exact) mass is 237 g/mol. The number of hydrazine groups is 1. The van der Waals surface area contributed by atoms with E-state index in [9.17, 15) is 0 Å². The van der Waals surface area contributed by atoms with Crippen molar-refractivity contribution in [2.45, 2.75) is 13.0 Å². The summed E-state index contributed by atoms with van der Waals surface area (Å²) in [5.74, 6) is 6.04. The van der Waals surface area contributed by atoms with E-state index in [-0.39, 0.29) is 0 Å². The zero-order valence-electron chi connectivity index (χ0n) is 11.0. The van der Waals surface area contributed by atoms with E-state index in [2.05, 4.69) is 41.4 Å². The average Bonchev–Trinajstić information content (AvgIpc) is 2.28. The first-order chi connectivity index (χ1) is 8.11. The number of anilines is 1. The highest BCUT2D eigenvalue weighted by Gasteiger charge is 2.02. The van der Waals surface area contributed by atoms with Crippen LogP contribution in [0.4, 0.5) is 5.82 Å². The van der Waals surface area contributed by atoms with E-state index in [0.717, 1.165) is 19.6 Å². The molecule has 0 fully saturated rings. The fourth-order valence-corrected chi connectivity index (χ4v) is 1.70. The lowest BCUT2D eigenvalue weighted by Crippen LogP contribution is -2.23. The van der Waals surface area contributed by atoms with Gasteiger partial charge in [-0.05, 0) is 58.3 Å². The second kappa shape index (κ2) is 7.21. The standard InChI is InChI=1S/C12H23N5/c1-16(2)7-4-8-17(3)10-11-5-6-14-12(9-11)15-13/h5-6,9H,4,7-8,10,13H2,1-3H3,(H,14,15). The number of hydrogen-bond donors (Lipinski definition) is 2. The van der Waals surface area contributed by atoms with Gasteiger partial charge in [0.2, 0.25) is 0 Å². The minimum Gasteiger partial charge on any atom is -0.309 e.